The molecule has 0 aliphatic carbocycles. The molecule has 2 heteroatoms. The first-order valence-corrected chi connectivity index (χ1v) is 3.19. The van der Waals surface area contributed by atoms with E-state index in [9.17, 15) is 0 Å². The molecule has 0 aromatic rings. The first-order chi connectivity index (χ1) is 4.22. The molecule has 0 bridgehead atoms. The summed E-state index contributed by atoms with van der Waals surface area (Å²) in [5.74, 6) is 0. The third kappa shape index (κ3) is 3.27. The Morgan fingerprint density at radius 3 is 2.33 bits per heavy atom. The van der Waals surface area contributed by atoms with Gasteiger partial charge in [-0.25, -0.2) is 0 Å². The van der Waals surface area contributed by atoms with Crippen molar-refractivity contribution in [1.82, 2.24) is 0 Å². The molecule has 0 spiro atoms. The summed E-state index contributed by atoms with van der Waals surface area (Å²) in [7, 11) is 0. The normalized spacial score (nSPS) is 16.8. The van der Waals surface area contributed by atoms with E-state index in [1.54, 1.807) is 6.08 Å². The van der Waals surface area contributed by atoms with Crippen LogP contribution in [0.15, 0.2) is 12.7 Å². The molecular weight excluding hydrogens is 116 g/mol. The van der Waals surface area contributed by atoms with E-state index in [0.29, 0.717) is 12.8 Å². The smallest absolute Gasteiger partial charge is 0.0833 e. The summed E-state index contributed by atoms with van der Waals surface area (Å²) in [6.07, 6.45) is 1.43. The van der Waals surface area contributed by atoms with Crippen LogP contribution in [-0.4, -0.2) is 22.4 Å². The highest BCUT2D eigenvalue weighted by Gasteiger charge is 2.10. The molecule has 0 radical (unpaired) electrons. The van der Waals surface area contributed by atoms with Crippen LogP contribution in [0.2, 0.25) is 0 Å². The van der Waals surface area contributed by atoms with Gasteiger partial charge >= 0.3 is 0 Å². The van der Waals surface area contributed by atoms with E-state index < -0.39 is 12.2 Å². The maximum absolute atomic E-state index is 9.00. The second-order valence-electron chi connectivity index (χ2n) is 2.07. The molecule has 0 aliphatic rings. The van der Waals surface area contributed by atoms with Crippen LogP contribution in [-0.2, 0) is 0 Å². The molecule has 0 heterocycles. The highest BCUT2D eigenvalue weighted by molar-refractivity contribution is 4.76. The summed E-state index contributed by atoms with van der Waals surface area (Å²) in [6, 6.07) is 0. The molecule has 0 aromatic carbocycles. The lowest BCUT2D eigenvalue weighted by Gasteiger charge is -2.12. The van der Waals surface area contributed by atoms with E-state index in [1.165, 1.54) is 0 Å². The van der Waals surface area contributed by atoms with Gasteiger partial charge in [-0.05, 0) is 12.8 Å². The van der Waals surface area contributed by atoms with E-state index in [0.717, 1.165) is 0 Å². The molecule has 0 fully saturated rings. The minimum absolute atomic E-state index is 0.467. The summed E-state index contributed by atoms with van der Waals surface area (Å²) >= 11 is 0. The average Bonchev–Trinajstić information content (AvgIpc) is 1.87. The quantitative estimate of drug-likeness (QED) is 0.550. The molecule has 2 atom stereocenters. The maximum Gasteiger partial charge on any atom is 0.0833 e. The van der Waals surface area contributed by atoms with E-state index in [-0.39, 0.29) is 0 Å². The summed E-state index contributed by atoms with van der Waals surface area (Å²) in [5, 5.41) is 18.0. The van der Waals surface area contributed by atoms with Gasteiger partial charge in [0.25, 0.3) is 0 Å². The Morgan fingerprint density at radius 2 is 2.00 bits per heavy atom. The SMILES string of the molecule is C=CC[C@@H](O)[C@H](O)CC. The van der Waals surface area contributed by atoms with Crippen LogP contribution < -0.4 is 0 Å². The topological polar surface area (TPSA) is 40.5 Å². The van der Waals surface area contributed by atoms with Gasteiger partial charge in [0.2, 0.25) is 0 Å². The van der Waals surface area contributed by atoms with E-state index in [2.05, 4.69) is 6.58 Å². The van der Waals surface area contributed by atoms with Crippen LogP contribution in [0.4, 0.5) is 0 Å². The van der Waals surface area contributed by atoms with E-state index >= 15 is 0 Å². The fourth-order valence-electron chi connectivity index (χ4n) is 0.600. The van der Waals surface area contributed by atoms with Crippen molar-refractivity contribution in [2.24, 2.45) is 0 Å². The minimum atomic E-state index is -0.632. The summed E-state index contributed by atoms with van der Waals surface area (Å²) < 4.78 is 0. The summed E-state index contributed by atoms with van der Waals surface area (Å²) in [4.78, 5) is 0. The van der Waals surface area contributed by atoms with Crippen LogP contribution in [0, 0.1) is 0 Å². The first kappa shape index (κ1) is 8.66. The van der Waals surface area contributed by atoms with Gasteiger partial charge in [0.1, 0.15) is 0 Å². The number of aliphatic hydroxyl groups is 2. The molecule has 2 nitrogen and oxygen atoms in total. The lowest BCUT2D eigenvalue weighted by molar-refractivity contribution is 0.0198. The monoisotopic (exact) mass is 130 g/mol. The third-order valence-corrected chi connectivity index (χ3v) is 1.27. The number of rotatable bonds is 4. The lowest BCUT2D eigenvalue weighted by Crippen LogP contribution is -2.23. The standard InChI is InChI=1S/C7H14O2/c1-3-5-7(9)6(8)4-2/h3,6-9H,1,4-5H2,2H3/t6-,7-/m1/s1. The Kier molecular flexibility index (Phi) is 4.36. The van der Waals surface area contributed by atoms with Crippen molar-refractivity contribution in [3.8, 4) is 0 Å². The van der Waals surface area contributed by atoms with E-state index in [4.69, 9.17) is 10.2 Å². The minimum Gasteiger partial charge on any atom is -0.390 e. The molecule has 9 heavy (non-hydrogen) atoms. The van der Waals surface area contributed by atoms with Gasteiger partial charge < -0.3 is 10.2 Å². The van der Waals surface area contributed by atoms with Crippen molar-refractivity contribution in [3.05, 3.63) is 12.7 Å². The molecular formula is C7H14O2. The van der Waals surface area contributed by atoms with Gasteiger partial charge in [-0.3, -0.25) is 0 Å². The average molecular weight is 130 g/mol. The Bertz CT molecular complexity index is 81.0. The Hall–Kier alpha value is -0.340. The Balaban J connectivity index is 3.44. The second-order valence-corrected chi connectivity index (χ2v) is 2.07. The summed E-state index contributed by atoms with van der Waals surface area (Å²) in [5.41, 5.74) is 0. The third-order valence-electron chi connectivity index (χ3n) is 1.27. The molecule has 2 N–H and O–H groups in total. The van der Waals surface area contributed by atoms with Crippen LogP contribution in [0.1, 0.15) is 19.8 Å². The van der Waals surface area contributed by atoms with Gasteiger partial charge in [-0.1, -0.05) is 13.0 Å². The number of aliphatic hydroxyl groups excluding tert-OH is 2. The zero-order valence-electron chi connectivity index (χ0n) is 5.75. The Morgan fingerprint density at radius 1 is 1.44 bits per heavy atom. The number of hydrogen-bond donors (Lipinski definition) is 2. The zero-order chi connectivity index (χ0) is 7.28. The van der Waals surface area contributed by atoms with Crippen molar-refractivity contribution < 1.29 is 10.2 Å². The van der Waals surface area contributed by atoms with Crippen molar-refractivity contribution in [3.63, 3.8) is 0 Å². The maximum atomic E-state index is 9.00. The summed E-state index contributed by atoms with van der Waals surface area (Å²) in [6.45, 7) is 5.28. The molecule has 0 aliphatic heterocycles. The molecule has 0 unspecified atom stereocenters. The fraction of sp³-hybridized carbons (Fsp3) is 0.714. The van der Waals surface area contributed by atoms with Crippen molar-refractivity contribution in [2.75, 3.05) is 0 Å². The van der Waals surface area contributed by atoms with Crippen LogP contribution in [0.25, 0.3) is 0 Å². The van der Waals surface area contributed by atoms with Crippen molar-refractivity contribution in [2.45, 2.75) is 32.0 Å². The van der Waals surface area contributed by atoms with Crippen molar-refractivity contribution in [1.29, 1.82) is 0 Å². The van der Waals surface area contributed by atoms with Crippen LogP contribution in [0.3, 0.4) is 0 Å². The largest absolute Gasteiger partial charge is 0.390 e. The zero-order valence-corrected chi connectivity index (χ0v) is 5.75. The molecule has 0 rings (SSSR count). The molecule has 0 aromatic heterocycles. The fourth-order valence-corrected chi connectivity index (χ4v) is 0.600. The van der Waals surface area contributed by atoms with Crippen LogP contribution >= 0.6 is 0 Å². The van der Waals surface area contributed by atoms with Crippen LogP contribution in [0.5, 0.6) is 0 Å². The van der Waals surface area contributed by atoms with Gasteiger partial charge in [0.15, 0.2) is 0 Å². The number of hydrogen-bond acceptors (Lipinski definition) is 2. The molecule has 0 saturated heterocycles. The second kappa shape index (κ2) is 4.53. The molecule has 54 valence electrons. The van der Waals surface area contributed by atoms with Crippen molar-refractivity contribution >= 4 is 0 Å². The van der Waals surface area contributed by atoms with E-state index in [1.807, 2.05) is 6.92 Å². The lowest BCUT2D eigenvalue weighted by atomic mass is 10.1. The Labute approximate surface area is 55.8 Å². The van der Waals surface area contributed by atoms with Gasteiger partial charge in [-0.2, -0.15) is 0 Å². The molecule has 0 saturated carbocycles. The van der Waals surface area contributed by atoms with Gasteiger partial charge in [0, 0.05) is 0 Å². The van der Waals surface area contributed by atoms with Gasteiger partial charge in [-0.15, -0.1) is 6.58 Å². The first-order valence-electron chi connectivity index (χ1n) is 3.19. The molecule has 0 amide bonds. The highest BCUT2D eigenvalue weighted by Crippen LogP contribution is 2.01. The predicted molar refractivity (Wildman–Crippen MR) is 37.1 cm³/mol. The highest BCUT2D eigenvalue weighted by atomic mass is 16.3. The predicted octanol–water partition coefficient (Wildman–Crippen LogP) is 0.694. The van der Waals surface area contributed by atoms with Gasteiger partial charge in [0.05, 0.1) is 12.2 Å².